The van der Waals surface area contributed by atoms with Crippen molar-refractivity contribution in [1.29, 1.82) is 0 Å². The van der Waals surface area contributed by atoms with Gasteiger partial charge >= 0.3 is 0 Å². The van der Waals surface area contributed by atoms with E-state index in [-0.39, 0.29) is 6.04 Å². The average molecular weight is 331 g/mol. The third kappa shape index (κ3) is 2.30. The van der Waals surface area contributed by atoms with Gasteiger partial charge in [-0.05, 0) is 24.1 Å². The molecule has 0 spiro atoms. The van der Waals surface area contributed by atoms with E-state index in [1.54, 1.807) is 17.9 Å². The molecule has 0 amide bonds. The first-order valence-corrected chi connectivity index (χ1v) is 7.57. The van der Waals surface area contributed by atoms with Crippen molar-refractivity contribution in [3.05, 3.63) is 47.9 Å². The Hall–Kier alpha value is -2.61. The van der Waals surface area contributed by atoms with Crippen molar-refractivity contribution in [2.24, 2.45) is 7.05 Å². The molecule has 0 aliphatic carbocycles. The van der Waals surface area contributed by atoms with Gasteiger partial charge < -0.3 is 10.0 Å². The largest absolute Gasteiger partial charge is 0.391 e. The minimum Gasteiger partial charge on any atom is -0.391 e. The molecule has 0 radical (unpaired) electrons. The van der Waals surface area contributed by atoms with Crippen LogP contribution in [0.5, 0.6) is 0 Å². The molecule has 1 aliphatic rings. The quantitative estimate of drug-likeness (QED) is 0.777. The molecule has 124 valence electrons. The molecule has 2 aromatic heterocycles. The van der Waals surface area contributed by atoms with Crippen LogP contribution in [-0.2, 0) is 7.05 Å². The molecule has 3 aromatic rings. The third-order valence-corrected chi connectivity index (χ3v) is 4.39. The lowest BCUT2D eigenvalue weighted by Crippen LogP contribution is -2.25. The number of halogens is 2. The number of β-amino-alcohol motifs (C(OH)–C–C–N with tert-alkyl or cyclic N) is 1. The number of fused-ring (bicyclic) bond motifs is 1. The lowest BCUT2D eigenvalue weighted by molar-refractivity contribution is 0.194. The maximum Gasteiger partial charge on any atom is 0.163 e. The second kappa shape index (κ2) is 5.48. The highest BCUT2D eigenvalue weighted by atomic mass is 19.2. The van der Waals surface area contributed by atoms with E-state index in [2.05, 4.69) is 15.1 Å². The van der Waals surface area contributed by atoms with Crippen LogP contribution in [0.3, 0.4) is 0 Å². The molecule has 1 N–H and O–H groups in total. The molecule has 1 fully saturated rings. The number of anilines is 1. The molecule has 0 saturated carbocycles. The highest BCUT2D eigenvalue weighted by Crippen LogP contribution is 2.38. The summed E-state index contributed by atoms with van der Waals surface area (Å²) in [7, 11) is 1.78. The standard InChI is InChI=1S/C16H15F2N5O/c1-22-15-11(6-21-22)16(20-8-19-15)23-7-10(24)5-14(23)9-2-3-12(17)13(18)4-9/h2-4,6,8,10,14,24H,5,7H2,1H3/t10-,14+/m0/s1. The second-order valence-electron chi connectivity index (χ2n) is 5.93. The fourth-order valence-corrected chi connectivity index (χ4v) is 3.26. The van der Waals surface area contributed by atoms with Crippen molar-refractivity contribution >= 4 is 16.9 Å². The first kappa shape index (κ1) is 14.9. The first-order chi connectivity index (χ1) is 11.5. The maximum atomic E-state index is 13.6. The summed E-state index contributed by atoms with van der Waals surface area (Å²) in [6.45, 7) is 0.352. The average Bonchev–Trinajstić information content (AvgIpc) is 3.14. The molecule has 1 saturated heterocycles. The number of aromatic nitrogens is 4. The molecule has 1 aromatic carbocycles. The number of aliphatic hydroxyl groups excluding tert-OH is 1. The number of nitrogens with zero attached hydrogens (tertiary/aromatic N) is 5. The lowest BCUT2D eigenvalue weighted by Gasteiger charge is -2.26. The summed E-state index contributed by atoms with van der Waals surface area (Å²) in [5.41, 5.74) is 1.27. The summed E-state index contributed by atoms with van der Waals surface area (Å²) in [5.74, 6) is -1.16. The van der Waals surface area contributed by atoms with Gasteiger partial charge in [-0.15, -0.1) is 0 Å². The number of rotatable bonds is 2. The van der Waals surface area contributed by atoms with Crippen LogP contribution in [0.1, 0.15) is 18.0 Å². The Bertz CT molecular complexity index is 913. The highest BCUT2D eigenvalue weighted by molar-refractivity contribution is 5.87. The molecule has 2 atom stereocenters. The van der Waals surface area contributed by atoms with Crippen molar-refractivity contribution in [2.45, 2.75) is 18.6 Å². The van der Waals surface area contributed by atoms with Crippen LogP contribution in [0.15, 0.2) is 30.7 Å². The number of aliphatic hydroxyl groups is 1. The molecular formula is C16H15F2N5O. The van der Waals surface area contributed by atoms with Crippen molar-refractivity contribution in [3.63, 3.8) is 0 Å². The Balaban J connectivity index is 1.81. The van der Waals surface area contributed by atoms with Gasteiger partial charge in [-0.2, -0.15) is 5.10 Å². The molecule has 1 aliphatic heterocycles. The summed E-state index contributed by atoms with van der Waals surface area (Å²) in [6.07, 6.45) is 2.94. The van der Waals surface area contributed by atoms with Gasteiger partial charge in [0.25, 0.3) is 0 Å². The van der Waals surface area contributed by atoms with E-state index < -0.39 is 17.7 Å². The fourth-order valence-electron chi connectivity index (χ4n) is 3.26. The maximum absolute atomic E-state index is 13.6. The lowest BCUT2D eigenvalue weighted by atomic mass is 10.0. The van der Waals surface area contributed by atoms with Crippen LogP contribution in [-0.4, -0.2) is 37.5 Å². The Morgan fingerprint density at radius 1 is 1.21 bits per heavy atom. The minimum atomic E-state index is -0.900. The Labute approximate surface area is 136 Å². The van der Waals surface area contributed by atoms with Gasteiger partial charge in [-0.25, -0.2) is 18.7 Å². The Morgan fingerprint density at radius 3 is 2.83 bits per heavy atom. The first-order valence-electron chi connectivity index (χ1n) is 7.57. The smallest absolute Gasteiger partial charge is 0.163 e. The van der Waals surface area contributed by atoms with Crippen molar-refractivity contribution < 1.29 is 13.9 Å². The summed E-state index contributed by atoms with van der Waals surface area (Å²) in [4.78, 5) is 10.4. The van der Waals surface area contributed by atoms with Crippen molar-refractivity contribution in [1.82, 2.24) is 19.7 Å². The van der Waals surface area contributed by atoms with E-state index in [1.807, 2.05) is 4.90 Å². The summed E-state index contributed by atoms with van der Waals surface area (Å²) >= 11 is 0. The molecule has 3 heterocycles. The third-order valence-electron chi connectivity index (χ3n) is 4.39. The molecule has 6 nitrogen and oxygen atoms in total. The zero-order valence-corrected chi connectivity index (χ0v) is 12.9. The fraction of sp³-hybridized carbons (Fsp3) is 0.312. The molecular weight excluding hydrogens is 316 g/mol. The minimum absolute atomic E-state index is 0.298. The number of hydrogen-bond acceptors (Lipinski definition) is 5. The molecule has 4 rings (SSSR count). The zero-order valence-electron chi connectivity index (χ0n) is 12.9. The van der Waals surface area contributed by atoms with Crippen LogP contribution in [0.25, 0.3) is 11.0 Å². The van der Waals surface area contributed by atoms with E-state index >= 15 is 0 Å². The van der Waals surface area contributed by atoms with Crippen LogP contribution >= 0.6 is 0 Å². The topological polar surface area (TPSA) is 67.1 Å². The number of benzene rings is 1. The van der Waals surface area contributed by atoms with Crippen molar-refractivity contribution in [3.8, 4) is 0 Å². The highest BCUT2D eigenvalue weighted by Gasteiger charge is 2.34. The summed E-state index contributed by atoms with van der Waals surface area (Å²) in [5, 5.41) is 15.1. The van der Waals surface area contributed by atoms with Gasteiger partial charge in [0.2, 0.25) is 0 Å². The van der Waals surface area contributed by atoms with Gasteiger partial charge in [0.05, 0.1) is 23.7 Å². The van der Waals surface area contributed by atoms with E-state index in [0.29, 0.717) is 30.0 Å². The monoisotopic (exact) mass is 331 g/mol. The van der Waals surface area contributed by atoms with Crippen LogP contribution < -0.4 is 4.90 Å². The Kier molecular flexibility index (Phi) is 3.42. The normalized spacial score (nSPS) is 20.9. The Morgan fingerprint density at radius 2 is 2.04 bits per heavy atom. The van der Waals surface area contributed by atoms with Gasteiger partial charge in [-0.1, -0.05) is 6.07 Å². The molecule has 0 unspecified atom stereocenters. The van der Waals surface area contributed by atoms with E-state index in [9.17, 15) is 13.9 Å². The van der Waals surface area contributed by atoms with Crippen LogP contribution in [0.4, 0.5) is 14.6 Å². The zero-order chi connectivity index (χ0) is 16.8. The summed E-state index contributed by atoms with van der Waals surface area (Å²) < 4.78 is 28.5. The predicted molar refractivity (Wildman–Crippen MR) is 83.4 cm³/mol. The van der Waals surface area contributed by atoms with E-state index in [1.165, 1.54) is 18.5 Å². The SMILES string of the molecule is Cn1ncc2c(N3C[C@@H](O)C[C@@H]3c3ccc(F)c(F)c3)ncnc21. The van der Waals surface area contributed by atoms with Gasteiger partial charge in [0.1, 0.15) is 12.1 Å². The summed E-state index contributed by atoms with van der Waals surface area (Å²) in [6, 6.07) is 3.52. The molecule has 24 heavy (non-hydrogen) atoms. The number of hydrogen-bond donors (Lipinski definition) is 1. The van der Waals surface area contributed by atoms with Crippen molar-refractivity contribution in [2.75, 3.05) is 11.4 Å². The van der Waals surface area contributed by atoms with Crippen LogP contribution in [0.2, 0.25) is 0 Å². The van der Waals surface area contributed by atoms with Crippen LogP contribution in [0, 0.1) is 11.6 Å². The van der Waals surface area contributed by atoms with E-state index in [0.717, 1.165) is 11.5 Å². The van der Waals surface area contributed by atoms with Gasteiger partial charge in [-0.3, -0.25) is 4.68 Å². The number of aryl methyl sites for hydroxylation is 1. The predicted octanol–water partition coefficient (Wildman–Crippen LogP) is 1.95. The second-order valence-corrected chi connectivity index (χ2v) is 5.93. The van der Waals surface area contributed by atoms with Gasteiger partial charge in [0.15, 0.2) is 17.3 Å². The molecule has 8 heteroatoms. The van der Waals surface area contributed by atoms with Gasteiger partial charge in [0, 0.05) is 13.6 Å². The molecule has 0 bridgehead atoms. The van der Waals surface area contributed by atoms with E-state index in [4.69, 9.17) is 0 Å².